The molecule has 8 rings (SSSR count). The lowest BCUT2D eigenvalue weighted by Crippen LogP contribution is -1.97. The topological polar surface area (TPSA) is 51.6 Å². The van der Waals surface area contributed by atoms with Crippen molar-refractivity contribution in [2.24, 2.45) is 0 Å². The Bertz CT molecular complexity index is 2050. The Balaban J connectivity index is 1.33. The summed E-state index contributed by atoms with van der Waals surface area (Å²) in [7, 11) is 0. The van der Waals surface area contributed by atoms with E-state index in [4.69, 9.17) is 19.9 Å². The second-order valence-corrected chi connectivity index (χ2v) is 12.2. The molecule has 0 saturated heterocycles. The van der Waals surface area contributed by atoms with E-state index >= 15 is 0 Å². The van der Waals surface area contributed by atoms with E-state index in [1.807, 2.05) is 36.4 Å². The van der Waals surface area contributed by atoms with Gasteiger partial charge in [-0.15, -0.1) is 22.7 Å². The molecule has 8 aromatic rings. The molecule has 6 heteroatoms. The zero-order chi connectivity index (χ0) is 29.3. The van der Waals surface area contributed by atoms with Crippen LogP contribution in [0.2, 0.25) is 0 Å². The van der Waals surface area contributed by atoms with E-state index in [0.717, 1.165) is 65.6 Å². The summed E-state index contributed by atoms with van der Waals surface area (Å²) >= 11 is 3.37. The van der Waals surface area contributed by atoms with Gasteiger partial charge in [-0.1, -0.05) is 109 Å². The van der Waals surface area contributed by atoms with Gasteiger partial charge in [0.05, 0.1) is 32.5 Å². The van der Waals surface area contributed by atoms with Gasteiger partial charge in [0.1, 0.15) is 0 Å². The van der Waals surface area contributed by atoms with Gasteiger partial charge in [0.2, 0.25) is 0 Å². The Morgan fingerprint density at radius 3 is 1.20 bits per heavy atom. The van der Waals surface area contributed by atoms with E-state index < -0.39 is 0 Å². The number of nitrogens with zero attached hydrogens (tertiary/aromatic N) is 4. The number of benzene rings is 4. The van der Waals surface area contributed by atoms with Crippen LogP contribution in [0.4, 0.5) is 0 Å². The van der Waals surface area contributed by atoms with Crippen LogP contribution in [0.3, 0.4) is 0 Å². The molecule has 0 atom stereocenters. The van der Waals surface area contributed by atoms with Crippen LogP contribution in [0.15, 0.2) is 144 Å². The highest BCUT2D eigenvalue weighted by atomic mass is 32.1. The largest absolute Gasteiger partial charge is 0.228 e. The molecule has 0 spiro atoms. The molecule has 0 aliphatic carbocycles. The number of aromatic nitrogens is 4. The average Bonchev–Trinajstić information content (AvgIpc) is 3.84. The van der Waals surface area contributed by atoms with Crippen LogP contribution in [0.25, 0.3) is 77.2 Å². The first-order valence-corrected chi connectivity index (χ1v) is 16.1. The Labute approximate surface area is 263 Å². The van der Waals surface area contributed by atoms with Crippen LogP contribution in [0.5, 0.6) is 0 Å². The molecule has 0 radical (unpaired) electrons. The van der Waals surface area contributed by atoms with E-state index in [-0.39, 0.29) is 0 Å². The summed E-state index contributed by atoms with van der Waals surface area (Å²) in [6.45, 7) is 0. The third-order valence-electron chi connectivity index (χ3n) is 7.54. The van der Waals surface area contributed by atoms with Crippen LogP contribution in [-0.4, -0.2) is 19.9 Å². The lowest BCUT2D eigenvalue weighted by atomic mass is 9.96. The lowest BCUT2D eigenvalue weighted by molar-refractivity contribution is 1.19. The first-order chi connectivity index (χ1) is 21.8. The number of hydrogen-bond donors (Lipinski definition) is 0. The predicted molar refractivity (Wildman–Crippen MR) is 183 cm³/mol. The predicted octanol–water partition coefficient (Wildman–Crippen LogP) is 10.5. The molecule has 0 fully saturated rings. The lowest BCUT2D eigenvalue weighted by Gasteiger charge is -2.13. The Kier molecular flexibility index (Phi) is 6.83. The molecule has 0 amide bonds. The van der Waals surface area contributed by atoms with Crippen molar-refractivity contribution >= 4 is 33.4 Å². The maximum atomic E-state index is 5.11. The first-order valence-electron chi connectivity index (χ1n) is 14.3. The Hall–Kier alpha value is -5.30. The highest BCUT2D eigenvalue weighted by Crippen LogP contribution is 2.38. The number of thiophene rings is 2. The highest BCUT2D eigenvalue weighted by Gasteiger charge is 2.16. The molecule has 4 nitrogen and oxygen atoms in total. The molecule has 4 aromatic carbocycles. The molecule has 4 aromatic heterocycles. The van der Waals surface area contributed by atoms with Crippen molar-refractivity contribution in [3.05, 3.63) is 144 Å². The van der Waals surface area contributed by atoms with Gasteiger partial charge in [-0.25, -0.2) is 19.9 Å². The molecule has 0 saturated carbocycles. The molecule has 208 valence electrons. The highest BCUT2D eigenvalue weighted by molar-refractivity contribution is 7.13. The molecule has 0 aliphatic rings. The van der Waals surface area contributed by atoms with Crippen LogP contribution in [0.1, 0.15) is 0 Å². The van der Waals surface area contributed by atoms with E-state index in [1.54, 1.807) is 22.7 Å². The summed E-state index contributed by atoms with van der Waals surface area (Å²) < 4.78 is 0. The van der Waals surface area contributed by atoms with Crippen molar-refractivity contribution in [1.29, 1.82) is 0 Å². The van der Waals surface area contributed by atoms with E-state index in [1.165, 1.54) is 0 Å². The second kappa shape index (κ2) is 11.4. The third-order valence-corrected chi connectivity index (χ3v) is 9.32. The van der Waals surface area contributed by atoms with Crippen molar-refractivity contribution in [2.75, 3.05) is 0 Å². The van der Waals surface area contributed by atoms with Crippen LogP contribution in [0, 0.1) is 0 Å². The summed E-state index contributed by atoms with van der Waals surface area (Å²) in [6, 6.07) is 45.7. The quantitative estimate of drug-likeness (QED) is 0.191. The van der Waals surface area contributed by atoms with Gasteiger partial charge in [-0.05, 0) is 45.8 Å². The summed E-state index contributed by atoms with van der Waals surface area (Å²) in [5.74, 6) is 1.42. The normalized spacial score (nSPS) is 11.2. The molecule has 0 N–H and O–H groups in total. The van der Waals surface area contributed by atoms with E-state index in [0.29, 0.717) is 11.6 Å². The second-order valence-electron chi connectivity index (χ2n) is 10.3. The Morgan fingerprint density at radius 2 is 0.795 bits per heavy atom. The van der Waals surface area contributed by atoms with E-state index in [9.17, 15) is 0 Å². The van der Waals surface area contributed by atoms with Gasteiger partial charge in [0.15, 0.2) is 11.6 Å². The molecule has 0 aliphatic heterocycles. The fourth-order valence-electron chi connectivity index (χ4n) is 5.46. The Morgan fingerprint density at radius 1 is 0.364 bits per heavy atom. The van der Waals surface area contributed by atoms with E-state index in [2.05, 4.69) is 108 Å². The maximum Gasteiger partial charge on any atom is 0.160 e. The zero-order valence-corrected chi connectivity index (χ0v) is 25.1. The van der Waals surface area contributed by atoms with Crippen LogP contribution in [-0.2, 0) is 0 Å². The number of hydrogen-bond acceptors (Lipinski definition) is 6. The zero-order valence-electron chi connectivity index (χ0n) is 23.5. The molecule has 0 unspecified atom stereocenters. The summed E-state index contributed by atoms with van der Waals surface area (Å²) in [6.07, 6.45) is 0. The van der Waals surface area contributed by atoms with Gasteiger partial charge in [-0.2, -0.15) is 0 Å². The van der Waals surface area contributed by atoms with Crippen LogP contribution >= 0.6 is 22.7 Å². The monoisotopic (exact) mass is 600 g/mol. The number of fused-ring (bicyclic) bond motifs is 1. The fraction of sp³-hybridized carbons (Fsp3) is 0. The van der Waals surface area contributed by atoms with Crippen molar-refractivity contribution in [3.8, 4) is 66.4 Å². The number of rotatable bonds is 6. The molecular weight excluding hydrogens is 577 g/mol. The smallest absolute Gasteiger partial charge is 0.160 e. The van der Waals surface area contributed by atoms with Gasteiger partial charge in [0.25, 0.3) is 0 Å². The van der Waals surface area contributed by atoms with Crippen molar-refractivity contribution in [2.45, 2.75) is 0 Å². The minimum absolute atomic E-state index is 0.712. The molecule has 0 bridgehead atoms. The van der Waals surface area contributed by atoms with Crippen molar-refractivity contribution in [3.63, 3.8) is 0 Å². The minimum atomic E-state index is 0.712. The van der Waals surface area contributed by atoms with Crippen molar-refractivity contribution < 1.29 is 0 Å². The average molecular weight is 601 g/mol. The van der Waals surface area contributed by atoms with Gasteiger partial charge >= 0.3 is 0 Å². The van der Waals surface area contributed by atoms with Crippen LogP contribution < -0.4 is 0 Å². The minimum Gasteiger partial charge on any atom is -0.228 e. The fourth-order valence-corrected chi connectivity index (χ4v) is 6.83. The standard InChI is InChI=1S/C38H24N4S2/c1-3-11-25(12-4-1)37-39-31(23-33(41-37)35-19-9-21-43-35)29-17-7-16-28-27(29)15-8-18-30(28)32-24-34(36-20-10-22-44-36)42-38(40-32)26-13-5-2-6-14-26/h1-24H. The van der Waals surface area contributed by atoms with Gasteiger partial charge in [-0.3, -0.25) is 0 Å². The van der Waals surface area contributed by atoms with Crippen molar-refractivity contribution in [1.82, 2.24) is 19.9 Å². The maximum absolute atomic E-state index is 5.11. The van der Waals surface area contributed by atoms with Gasteiger partial charge < -0.3 is 0 Å². The first kappa shape index (κ1) is 26.3. The summed E-state index contributed by atoms with van der Waals surface area (Å²) in [5.41, 5.74) is 7.69. The third kappa shape index (κ3) is 5.00. The summed E-state index contributed by atoms with van der Waals surface area (Å²) in [5, 5.41) is 6.38. The van der Waals surface area contributed by atoms with Gasteiger partial charge in [0, 0.05) is 22.3 Å². The summed E-state index contributed by atoms with van der Waals surface area (Å²) in [4.78, 5) is 22.4. The molecule has 4 heterocycles. The molecule has 44 heavy (non-hydrogen) atoms. The molecular formula is C38H24N4S2. The SMILES string of the molecule is c1ccc(-c2nc(-c3cccs3)cc(-c3cccc4c(-c5cc(-c6cccs6)nc(-c6ccccc6)n5)cccc34)n2)cc1.